The van der Waals surface area contributed by atoms with Gasteiger partial charge in [-0.3, -0.25) is 0 Å². The highest BCUT2D eigenvalue weighted by molar-refractivity contribution is 5.44. The first-order valence-electron chi connectivity index (χ1n) is 3.97. The van der Waals surface area contributed by atoms with Crippen molar-refractivity contribution in [3.8, 4) is 11.5 Å². The van der Waals surface area contributed by atoms with E-state index in [2.05, 4.69) is 4.98 Å². The summed E-state index contributed by atoms with van der Waals surface area (Å²) < 4.78 is 34.8. The van der Waals surface area contributed by atoms with Gasteiger partial charge in [0.05, 0.1) is 14.2 Å². The van der Waals surface area contributed by atoms with Gasteiger partial charge in [-0.2, -0.15) is 0 Å². The molecule has 78 valence electrons. The number of aromatic nitrogens is 1. The normalized spacial score (nSPS) is 10.4. The highest BCUT2D eigenvalue weighted by Crippen LogP contribution is 2.35. The van der Waals surface area contributed by atoms with Crippen LogP contribution in [0.3, 0.4) is 0 Å². The summed E-state index contributed by atoms with van der Waals surface area (Å²) in [7, 11) is 2.70. The van der Waals surface area contributed by atoms with Crippen LogP contribution in [0.4, 0.5) is 8.78 Å². The van der Waals surface area contributed by atoms with Gasteiger partial charge in [-0.15, -0.1) is 0 Å². The molecule has 0 amide bonds. The molecule has 1 aromatic rings. The smallest absolute Gasteiger partial charge is 0.284 e. The van der Waals surface area contributed by atoms with Gasteiger partial charge in [0.25, 0.3) is 6.43 Å². The first kappa shape index (κ1) is 10.7. The second kappa shape index (κ2) is 4.21. The largest absolute Gasteiger partial charge is 0.493 e. The van der Waals surface area contributed by atoms with Gasteiger partial charge in [0.15, 0.2) is 17.2 Å². The van der Waals surface area contributed by atoms with E-state index in [0.29, 0.717) is 5.69 Å². The van der Waals surface area contributed by atoms with E-state index in [4.69, 9.17) is 9.47 Å². The van der Waals surface area contributed by atoms with Crippen molar-refractivity contribution in [2.45, 2.75) is 13.3 Å². The summed E-state index contributed by atoms with van der Waals surface area (Å²) in [5.41, 5.74) is 0.0855. The van der Waals surface area contributed by atoms with Gasteiger partial charge < -0.3 is 9.47 Å². The van der Waals surface area contributed by atoms with Crippen molar-refractivity contribution in [2.24, 2.45) is 0 Å². The molecule has 1 heterocycles. The highest BCUT2D eigenvalue weighted by Gasteiger charge is 2.20. The third kappa shape index (κ3) is 1.92. The third-order valence-corrected chi connectivity index (χ3v) is 1.72. The van der Waals surface area contributed by atoms with Gasteiger partial charge in [0.2, 0.25) is 0 Å². The second-order valence-electron chi connectivity index (χ2n) is 2.69. The van der Waals surface area contributed by atoms with Crippen LogP contribution in [0.2, 0.25) is 0 Å². The maximum Gasteiger partial charge on any atom is 0.284 e. The van der Waals surface area contributed by atoms with Crippen LogP contribution >= 0.6 is 0 Å². The number of pyridine rings is 1. The first-order chi connectivity index (χ1) is 6.60. The second-order valence-corrected chi connectivity index (χ2v) is 2.69. The van der Waals surface area contributed by atoms with Crippen molar-refractivity contribution < 1.29 is 18.3 Å². The summed E-state index contributed by atoms with van der Waals surface area (Å²) in [4.78, 5) is 3.70. The van der Waals surface area contributed by atoms with Crippen molar-refractivity contribution >= 4 is 0 Å². The van der Waals surface area contributed by atoms with E-state index in [1.807, 2.05) is 0 Å². The molecule has 0 atom stereocenters. The van der Waals surface area contributed by atoms with Gasteiger partial charge >= 0.3 is 0 Å². The maximum atomic E-state index is 12.5. The Morgan fingerprint density at radius 2 is 1.93 bits per heavy atom. The molecular weight excluding hydrogens is 192 g/mol. The minimum Gasteiger partial charge on any atom is -0.493 e. The Morgan fingerprint density at radius 1 is 1.29 bits per heavy atom. The molecule has 0 bridgehead atoms. The summed E-state index contributed by atoms with van der Waals surface area (Å²) in [6.45, 7) is 1.62. The molecule has 0 saturated heterocycles. The maximum absolute atomic E-state index is 12.5. The van der Waals surface area contributed by atoms with Gasteiger partial charge in [-0.1, -0.05) is 0 Å². The Kier molecular flexibility index (Phi) is 3.22. The molecule has 0 aliphatic heterocycles. The van der Waals surface area contributed by atoms with Gasteiger partial charge in [-0.05, 0) is 6.92 Å². The Labute approximate surface area is 80.7 Å². The summed E-state index contributed by atoms with van der Waals surface area (Å²) in [6, 6.07) is 1.55. The number of alkyl halides is 2. The van der Waals surface area contributed by atoms with E-state index in [1.165, 1.54) is 14.2 Å². The molecule has 0 saturated carbocycles. The van der Waals surface area contributed by atoms with Crippen LogP contribution in [0, 0.1) is 6.92 Å². The lowest BCUT2D eigenvalue weighted by atomic mass is 10.2. The summed E-state index contributed by atoms with van der Waals surface area (Å²) in [5.74, 6) is 0.267. The van der Waals surface area contributed by atoms with Gasteiger partial charge in [0.1, 0.15) is 0 Å². The average molecular weight is 203 g/mol. The summed E-state index contributed by atoms with van der Waals surface area (Å²) in [6.07, 6.45) is -2.67. The van der Waals surface area contributed by atoms with Crippen LogP contribution < -0.4 is 9.47 Å². The van der Waals surface area contributed by atoms with Gasteiger partial charge in [0, 0.05) is 11.8 Å². The zero-order valence-electron chi connectivity index (χ0n) is 8.17. The molecule has 14 heavy (non-hydrogen) atoms. The third-order valence-electron chi connectivity index (χ3n) is 1.72. The molecule has 1 rings (SSSR count). The molecule has 0 aromatic carbocycles. The van der Waals surface area contributed by atoms with Crippen molar-refractivity contribution in [3.63, 3.8) is 0 Å². The number of hydrogen-bond donors (Lipinski definition) is 0. The monoisotopic (exact) mass is 203 g/mol. The number of halogens is 2. The fourth-order valence-corrected chi connectivity index (χ4v) is 1.16. The molecule has 1 aromatic heterocycles. The molecule has 0 unspecified atom stereocenters. The van der Waals surface area contributed by atoms with Crippen LogP contribution in [0.25, 0.3) is 0 Å². The lowest BCUT2D eigenvalue weighted by Gasteiger charge is -2.12. The zero-order valence-corrected chi connectivity index (χ0v) is 8.17. The van der Waals surface area contributed by atoms with E-state index >= 15 is 0 Å². The number of rotatable bonds is 3. The Bertz CT molecular complexity index is 329. The predicted molar refractivity (Wildman–Crippen MR) is 47.0 cm³/mol. The molecule has 0 radical (unpaired) electrons. The molecule has 0 spiro atoms. The minimum atomic E-state index is -2.67. The Hall–Kier alpha value is -1.39. The highest BCUT2D eigenvalue weighted by atomic mass is 19.3. The van der Waals surface area contributed by atoms with Gasteiger partial charge in [-0.25, -0.2) is 13.8 Å². The molecule has 0 fully saturated rings. The van der Waals surface area contributed by atoms with E-state index in [1.54, 1.807) is 13.0 Å². The summed E-state index contributed by atoms with van der Waals surface area (Å²) in [5, 5.41) is 0. The number of ether oxygens (including phenoxy) is 2. The standard InChI is InChI=1S/C9H11F2NO2/c1-5-4-6(13-2)8(14-3)7(12-5)9(10)11/h4,9H,1-3H3. The van der Waals surface area contributed by atoms with E-state index in [0.717, 1.165) is 0 Å². The predicted octanol–water partition coefficient (Wildman–Crippen LogP) is 2.34. The quantitative estimate of drug-likeness (QED) is 0.755. The van der Waals surface area contributed by atoms with E-state index < -0.39 is 6.43 Å². The lowest BCUT2D eigenvalue weighted by Crippen LogP contribution is -2.01. The molecular formula is C9H11F2NO2. The number of methoxy groups -OCH3 is 2. The van der Waals surface area contributed by atoms with Crippen molar-refractivity contribution in [1.82, 2.24) is 4.98 Å². The summed E-state index contributed by atoms with van der Waals surface area (Å²) >= 11 is 0. The molecule has 0 N–H and O–H groups in total. The fourth-order valence-electron chi connectivity index (χ4n) is 1.16. The molecule has 0 aliphatic rings. The molecule has 5 heteroatoms. The zero-order chi connectivity index (χ0) is 10.7. The van der Waals surface area contributed by atoms with Crippen LogP contribution in [-0.4, -0.2) is 19.2 Å². The van der Waals surface area contributed by atoms with E-state index in [-0.39, 0.29) is 17.2 Å². The average Bonchev–Trinajstić information content (AvgIpc) is 2.16. The van der Waals surface area contributed by atoms with Crippen LogP contribution in [-0.2, 0) is 0 Å². The van der Waals surface area contributed by atoms with Crippen molar-refractivity contribution in [1.29, 1.82) is 0 Å². The molecule has 3 nitrogen and oxygen atoms in total. The molecule has 0 aliphatic carbocycles. The number of nitrogens with zero attached hydrogens (tertiary/aromatic N) is 1. The Balaban J connectivity index is 3.31. The Morgan fingerprint density at radius 3 is 2.36 bits per heavy atom. The number of hydrogen-bond acceptors (Lipinski definition) is 3. The SMILES string of the molecule is COc1cc(C)nc(C(F)F)c1OC. The van der Waals surface area contributed by atoms with E-state index in [9.17, 15) is 8.78 Å². The van der Waals surface area contributed by atoms with Crippen molar-refractivity contribution in [3.05, 3.63) is 17.5 Å². The van der Waals surface area contributed by atoms with Crippen LogP contribution in [0.5, 0.6) is 11.5 Å². The lowest BCUT2D eigenvalue weighted by molar-refractivity contribution is 0.140. The topological polar surface area (TPSA) is 31.4 Å². The minimum absolute atomic E-state index is 0.00639. The fraction of sp³-hybridized carbons (Fsp3) is 0.444. The number of aryl methyl sites for hydroxylation is 1. The first-order valence-corrected chi connectivity index (χ1v) is 3.97. The van der Waals surface area contributed by atoms with Crippen LogP contribution in [0.15, 0.2) is 6.07 Å². The van der Waals surface area contributed by atoms with Crippen LogP contribution in [0.1, 0.15) is 17.8 Å². The van der Waals surface area contributed by atoms with Crippen molar-refractivity contribution in [2.75, 3.05) is 14.2 Å².